The summed E-state index contributed by atoms with van der Waals surface area (Å²) in [5.41, 5.74) is 3.51. The summed E-state index contributed by atoms with van der Waals surface area (Å²) in [5.74, 6) is -0.129. The van der Waals surface area contributed by atoms with Crippen molar-refractivity contribution in [3.8, 4) is 5.69 Å². The number of carbonyl (C=O) groups excluding carboxylic acids is 1. The van der Waals surface area contributed by atoms with Crippen LogP contribution >= 0.6 is 0 Å². The normalized spacial score (nSPS) is 16.1. The van der Waals surface area contributed by atoms with Crippen LogP contribution in [0.5, 0.6) is 0 Å². The fourth-order valence-electron chi connectivity index (χ4n) is 4.53. The Balaban J connectivity index is 1.72. The molecule has 2 aromatic carbocycles. The van der Waals surface area contributed by atoms with E-state index in [4.69, 9.17) is 0 Å². The number of anilines is 1. The van der Waals surface area contributed by atoms with Crippen LogP contribution in [0, 0.1) is 0 Å². The van der Waals surface area contributed by atoms with E-state index in [1.54, 1.807) is 29.0 Å². The van der Waals surface area contributed by atoms with Crippen LogP contribution in [0.15, 0.2) is 71.7 Å². The Hall–Kier alpha value is -3.87. The third-order valence-corrected chi connectivity index (χ3v) is 5.89. The van der Waals surface area contributed by atoms with Crippen LogP contribution in [0.1, 0.15) is 42.7 Å². The number of hydrogen-bond acceptors (Lipinski definition) is 4. The van der Waals surface area contributed by atoms with Gasteiger partial charge in [-0.2, -0.15) is 0 Å². The van der Waals surface area contributed by atoms with E-state index in [0.29, 0.717) is 22.4 Å². The monoisotopic (exact) mass is 413 g/mol. The predicted octanol–water partition coefficient (Wildman–Crippen LogP) is 3.76. The molecule has 7 nitrogen and oxygen atoms in total. The fourth-order valence-corrected chi connectivity index (χ4v) is 4.53. The van der Waals surface area contributed by atoms with Gasteiger partial charge in [-0.05, 0) is 56.7 Å². The number of H-pyrrole nitrogens is 1. The number of benzene rings is 2. The van der Waals surface area contributed by atoms with Crippen LogP contribution in [0.25, 0.3) is 16.9 Å². The number of aromatic amines is 1. The van der Waals surface area contributed by atoms with Crippen LogP contribution in [0.4, 0.5) is 5.69 Å². The van der Waals surface area contributed by atoms with Gasteiger partial charge in [0, 0.05) is 6.20 Å². The van der Waals surface area contributed by atoms with Crippen LogP contribution in [-0.4, -0.2) is 26.1 Å². The number of carbonyl (C=O) groups is 1. The van der Waals surface area contributed by atoms with Crippen molar-refractivity contribution < 1.29 is 4.79 Å². The predicted molar refractivity (Wildman–Crippen MR) is 121 cm³/mol. The van der Waals surface area contributed by atoms with E-state index >= 15 is 0 Å². The third kappa shape index (κ3) is 3.01. The molecule has 0 fully saturated rings. The van der Waals surface area contributed by atoms with Gasteiger partial charge in [0.2, 0.25) is 0 Å². The van der Waals surface area contributed by atoms with Gasteiger partial charge in [0.15, 0.2) is 5.65 Å². The summed E-state index contributed by atoms with van der Waals surface area (Å²) >= 11 is 0. The van der Waals surface area contributed by atoms with Gasteiger partial charge in [0.1, 0.15) is 5.66 Å². The quantitative estimate of drug-likeness (QED) is 0.536. The molecule has 1 unspecified atom stereocenters. The molecule has 0 aliphatic carbocycles. The van der Waals surface area contributed by atoms with E-state index in [1.165, 1.54) is 0 Å². The standard InChI is InChI=1S/C24H23N5O2/c1-15(16-8-5-4-6-9-16)29-20-14-17(11-12-18(20)22(30)27-24(29,2)3)28-19-10-7-13-25-21(19)26-23(28)31/h4-15H,1-3H3,(H,27,30)(H,25,26,31). The van der Waals surface area contributed by atoms with E-state index in [0.717, 1.165) is 11.3 Å². The molecule has 31 heavy (non-hydrogen) atoms. The summed E-state index contributed by atoms with van der Waals surface area (Å²) in [6.07, 6.45) is 1.64. The van der Waals surface area contributed by atoms with Crippen molar-refractivity contribution in [2.45, 2.75) is 32.5 Å². The first-order valence-corrected chi connectivity index (χ1v) is 10.2. The molecule has 0 radical (unpaired) electrons. The van der Waals surface area contributed by atoms with Gasteiger partial charge in [-0.3, -0.25) is 14.3 Å². The Kier molecular flexibility index (Phi) is 4.22. The number of aromatic nitrogens is 3. The summed E-state index contributed by atoms with van der Waals surface area (Å²) in [6.45, 7) is 6.09. The minimum Gasteiger partial charge on any atom is -0.342 e. The number of rotatable bonds is 3. The van der Waals surface area contributed by atoms with Gasteiger partial charge < -0.3 is 10.2 Å². The Bertz CT molecular complexity index is 1350. The van der Waals surface area contributed by atoms with Crippen LogP contribution in [0.2, 0.25) is 0 Å². The van der Waals surface area contributed by atoms with Crippen LogP contribution in [-0.2, 0) is 0 Å². The Labute approximate surface area is 179 Å². The highest BCUT2D eigenvalue weighted by Gasteiger charge is 2.39. The van der Waals surface area contributed by atoms with E-state index < -0.39 is 5.66 Å². The average molecular weight is 413 g/mol. The number of amides is 1. The number of fused-ring (bicyclic) bond motifs is 2. The Morgan fingerprint density at radius 2 is 1.77 bits per heavy atom. The van der Waals surface area contributed by atoms with E-state index in [2.05, 4.69) is 39.2 Å². The molecule has 0 saturated heterocycles. The van der Waals surface area contributed by atoms with Gasteiger partial charge in [0.25, 0.3) is 5.91 Å². The first kappa shape index (κ1) is 19.1. The molecule has 2 N–H and O–H groups in total. The molecule has 1 amide bonds. The lowest BCUT2D eigenvalue weighted by atomic mass is 9.96. The van der Waals surface area contributed by atoms with E-state index in [-0.39, 0.29) is 17.6 Å². The maximum Gasteiger partial charge on any atom is 0.332 e. The summed E-state index contributed by atoms with van der Waals surface area (Å²) in [7, 11) is 0. The molecule has 5 rings (SSSR count). The molecule has 156 valence electrons. The SMILES string of the molecule is CC(c1ccccc1)N1c2cc(-n3c(=O)[nH]c4ncccc43)ccc2C(=O)NC1(C)C. The summed E-state index contributed by atoms with van der Waals surface area (Å²) < 4.78 is 1.59. The molecule has 4 aromatic rings. The fraction of sp³-hybridized carbons (Fsp3) is 0.208. The van der Waals surface area contributed by atoms with Crippen LogP contribution < -0.4 is 15.9 Å². The largest absolute Gasteiger partial charge is 0.342 e. The smallest absolute Gasteiger partial charge is 0.332 e. The first-order chi connectivity index (χ1) is 14.9. The van der Waals surface area contributed by atoms with Crippen molar-refractivity contribution in [3.05, 3.63) is 88.5 Å². The lowest BCUT2D eigenvalue weighted by Crippen LogP contribution is -2.61. The van der Waals surface area contributed by atoms with Crippen molar-refractivity contribution in [2.24, 2.45) is 0 Å². The molecular formula is C24H23N5O2. The highest BCUT2D eigenvalue weighted by atomic mass is 16.2. The van der Waals surface area contributed by atoms with Crippen LogP contribution in [0.3, 0.4) is 0 Å². The van der Waals surface area contributed by atoms with Crippen molar-refractivity contribution in [3.63, 3.8) is 0 Å². The van der Waals surface area contributed by atoms with Gasteiger partial charge in [-0.15, -0.1) is 0 Å². The van der Waals surface area contributed by atoms with E-state index in [9.17, 15) is 9.59 Å². The number of nitrogens with one attached hydrogen (secondary N) is 2. The highest BCUT2D eigenvalue weighted by molar-refractivity contribution is 6.03. The van der Waals surface area contributed by atoms with Gasteiger partial charge in [-0.25, -0.2) is 9.78 Å². The summed E-state index contributed by atoms with van der Waals surface area (Å²) in [4.78, 5) is 34.8. The lowest BCUT2D eigenvalue weighted by molar-refractivity contribution is 0.0893. The molecule has 7 heteroatoms. The highest BCUT2D eigenvalue weighted by Crippen LogP contribution is 2.39. The average Bonchev–Trinajstić information content (AvgIpc) is 3.09. The lowest BCUT2D eigenvalue weighted by Gasteiger charge is -2.48. The number of pyridine rings is 1. The zero-order valence-electron chi connectivity index (χ0n) is 17.6. The molecular weight excluding hydrogens is 390 g/mol. The van der Waals surface area contributed by atoms with Gasteiger partial charge in [-0.1, -0.05) is 30.3 Å². The second kappa shape index (κ2) is 6.84. The number of nitrogens with zero attached hydrogens (tertiary/aromatic N) is 3. The Morgan fingerprint density at radius 1 is 1.00 bits per heavy atom. The van der Waals surface area contributed by atoms with Crippen molar-refractivity contribution in [1.82, 2.24) is 19.9 Å². The molecule has 1 aliphatic rings. The third-order valence-electron chi connectivity index (χ3n) is 5.89. The maximum atomic E-state index is 12.9. The minimum atomic E-state index is -0.620. The minimum absolute atomic E-state index is 0.00726. The second-order valence-corrected chi connectivity index (χ2v) is 8.31. The topological polar surface area (TPSA) is 83.0 Å². The molecule has 0 bridgehead atoms. The maximum absolute atomic E-state index is 12.9. The summed E-state index contributed by atoms with van der Waals surface area (Å²) in [5, 5.41) is 3.11. The van der Waals surface area contributed by atoms with Crippen molar-refractivity contribution >= 4 is 22.8 Å². The first-order valence-electron chi connectivity index (χ1n) is 10.2. The molecule has 1 atom stereocenters. The molecule has 3 heterocycles. The second-order valence-electron chi connectivity index (χ2n) is 8.31. The van der Waals surface area contributed by atoms with Gasteiger partial charge in [0.05, 0.1) is 28.5 Å². The molecule has 0 saturated carbocycles. The number of imidazole rings is 1. The molecule has 2 aromatic heterocycles. The van der Waals surface area contributed by atoms with Gasteiger partial charge >= 0.3 is 5.69 Å². The Morgan fingerprint density at radius 3 is 2.55 bits per heavy atom. The zero-order chi connectivity index (χ0) is 21.8. The number of hydrogen-bond donors (Lipinski definition) is 2. The molecule has 1 aliphatic heterocycles. The molecule has 0 spiro atoms. The van der Waals surface area contributed by atoms with Crippen molar-refractivity contribution in [1.29, 1.82) is 0 Å². The van der Waals surface area contributed by atoms with Crippen molar-refractivity contribution in [2.75, 3.05) is 4.90 Å². The van der Waals surface area contributed by atoms with E-state index in [1.807, 2.05) is 44.2 Å². The zero-order valence-corrected chi connectivity index (χ0v) is 17.6. The summed E-state index contributed by atoms with van der Waals surface area (Å²) in [6, 6.07) is 19.3.